The van der Waals surface area contributed by atoms with Gasteiger partial charge in [0.2, 0.25) is 0 Å². The number of hydrogen-bond acceptors (Lipinski definition) is 9. The van der Waals surface area contributed by atoms with Crippen molar-refractivity contribution >= 4 is 27.4 Å². The van der Waals surface area contributed by atoms with Crippen LogP contribution in [0.15, 0.2) is 78.0 Å². The third-order valence-corrected chi connectivity index (χ3v) is 6.39. The summed E-state index contributed by atoms with van der Waals surface area (Å²) < 4.78 is 36.3. The molecule has 0 radical (unpaired) electrons. The summed E-state index contributed by atoms with van der Waals surface area (Å²) in [5.41, 5.74) is 0.937. The lowest BCUT2D eigenvalue weighted by Crippen LogP contribution is -2.22. The fourth-order valence-corrected chi connectivity index (χ4v) is 4.17. The van der Waals surface area contributed by atoms with Crippen molar-refractivity contribution < 1.29 is 22.7 Å². The first kappa shape index (κ1) is 26.8. The van der Waals surface area contributed by atoms with Gasteiger partial charge in [0.25, 0.3) is 5.91 Å². The molecule has 11 nitrogen and oxygen atoms in total. The van der Waals surface area contributed by atoms with Crippen molar-refractivity contribution in [2.24, 2.45) is 0 Å². The number of carbonyl (C=O) groups is 1. The molecular weight excluding hydrogens is 508 g/mol. The maximum atomic E-state index is 13.1. The van der Waals surface area contributed by atoms with Crippen molar-refractivity contribution in [3.63, 3.8) is 0 Å². The van der Waals surface area contributed by atoms with Crippen LogP contribution in [-0.4, -0.2) is 60.1 Å². The number of hydrogen-bond donors (Lipinski definition) is 2. The van der Waals surface area contributed by atoms with Gasteiger partial charge in [0.1, 0.15) is 23.0 Å². The molecule has 4 aromatic rings. The Balaban J connectivity index is 1.54. The quantitative estimate of drug-likeness (QED) is 0.294. The van der Waals surface area contributed by atoms with Gasteiger partial charge in [-0.15, -0.1) is 0 Å². The molecule has 0 fully saturated rings. The average Bonchev–Trinajstić information content (AvgIpc) is 3.31. The molecule has 0 saturated heterocycles. The largest absolute Gasteiger partial charge is 0.457 e. The zero-order valence-electron chi connectivity index (χ0n) is 21.2. The van der Waals surface area contributed by atoms with E-state index in [0.717, 1.165) is 11.9 Å². The summed E-state index contributed by atoms with van der Waals surface area (Å²) in [4.78, 5) is 22.0. The highest BCUT2D eigenvalue weighted by atomic mass is 32.2. The second-order valence-corrected chi connectivity index (χ2v) is 10.6. The van der Waals surface area contributed by atoms with E-state index in [4.69, 9.17) is 9.47 Å². The SMILES string of the molecule is COCC(C)Nc1cc(Oc2ccc(S(C)(=O)=O)cc2)cc(C(=O)Nc2ccn(Cc3ccccn3)n2)n1. The number of nitrogens with zero attached hydrogens (tertiary/aromatic N) is 4. The number of amides is 1. The first-order chi connectivity index (χ1) is 18.2. The van der Waals surface area contributed by atoms with Crippen LogP contribution in [0, 0.1) is 0 Å². The number of carbonyl (C=O) groups excluding carboxylic acids is 1. The second kappa shape index (κ2) is 11.8. The van der Waals surface area contributed by atoms with Gasteiger partial charge in [0.05, 0.1) is 23.7 Å². The Morgan fingerprint density at radius 2 is 1.84 bits per heavy atom. The van der Waals surface area contributed by atoms with Crippen LogP contribution in [0.5, 0.6) is 11.5 Å². The maximum Gasteiger partial charge on any atom is 0.275 e. The average molecular weight is 537 g/mol. The minimum absolute atomic E-state index is 0.0880. The molecule has 2 N–H and O–H groups in total. The summed E-state index contributed by atoms with van der Waals surface area (Å²) in [5, 5.41) is 10.3. The molecule has 0 aliphatic carbocycles. The van der Waals surface area contributed by atoms with Gasteiger partial charge < -0.3 is 20.1 Å². The number of pyridine rings is 2. The minimum Gasteiger partial charge on any atom is -0.457 e. The van der Waals surface area contributed by atoms with Crippen molar-refractivity contribution in [2.75, 3.05) is 30.6 Å². The Bertz CT molecular complexity index is 1490. The molecule has 0 spiro atoms. The van der Waals surface area contributed by atoms with Gasteiger partial charge in [-0.25, -0.2) is 13.4 Å². The lowest BCUT2D eigenvalue weighted by Gasteiger charge is -2.16. The van der Waals surface area contributed by atoms with E-state index < -0.39 is 15.7 Å². The van der Waals surface area contributed by atoms with Crippen molar-refractivity contribution in [3.05, 3.63) is 84.4 Å². The van der Waals surface area contributed by atoms with Crippen molar-refractivity contribution in [2.45, 2.75) is 24.4 Å². The second-order valence-electron chi connectivity index (χ2n) is 8.59. The molecule has 3 aromatic heterocycles. The summed E-state index contributed by atoms with van der Waals surface area (Å²) in [7, 11) is -1.74. The number of methoxy groups -OCH3 is 1. The molecule has 12 heteroatoms. The zero-order valence-corrected chi connectivity index (χ0v) is 22.0. The summed E-state index contributed by atoms with van der Waals surface area (Å²) in [6.45, 7) is 2.80. The van der Waals surface area contributed by atoms with E-state index in [9.17, 15) is 13.2 Å². The Kier molecular flexibility index (Phi) is 8.34. The standard InChI is InChI=1S/C26H28N6O5S/c1-18(17-36-2)28-25-15-21(37-20-7-9-22(10-8-20)38(3,34)35)14-23(29-25)26(33)30-24-11-13-32(31-24)16-19-6-4-5-12-27-19/h4-15,18H,16-17H2,1-3H3,(H,28,29)(H,30,31,33). The van der Waals surface area contributed by atoms with E-state index in [0.29, 0.717) is 36.3 Å². The smallest absolute Gasteiger partial charge is 0.275 e. The maximum absolute atomic E-state index is 13.1. The van der Waals surface area contributed by atoms with Gasteiger partial charge in [-0.3, -0.25) is 14.5 Å². The van der Waals surface area contributed by atoms with Crippen LogP contribution in [0.2, 0.25) is 0 Å². The van der Waals surface area contributed by atoms with Gasteiger partial charge in [-0.2, -0.15) is 5.10 Å². The zero-order chi connectivity index (χ0) is 27.1. The molecule has 198 valence electrons. The topological polar surface area (TPSA) is 137 Å². The van der Waals surface area contributed by atoms with Gasteiger partial charge in [0.15, 0.2) is 15.7 Å². The van der Waals surface area contributed by atoms with Crippen molar-refractivity contribution in [1.29, 1.82) is 0 Å². The van der Waals surface area contributed by atoms with Gasteiger partial charge >= 0.3 is 0 Å². The van der Waals surface area contributed by atoms with Crippen molar-refractivity contribution in [3.8, 4) is 11.5 Å². The number of ether oxygens (including phenoxy) is 2. The summed E-state index contributed by atoms with van der Waals surface area (Å²) in [5.74, 6) is 1.03. The van der Waals surface area contributed by atoms with E-state index in [1.807, 2.05) is 25.1 Å². The first-order valence-corrected chi connectivity index (χ1v) is 13.6. The summed E-state index contributed by atoms with van der Waals surface area (Å²) in [6, 6.07) is 16.4. The lowest BCUT2D eigenvalue weighted by molar-refractivity contribution is 0.102. The van der Waals surface area contributed by atoms with Crippen LogP contribution in [-0.2, 0) is 21.1 Å². The van der Waals surface area contributed by atoms with E-state index in [1.54, 1.807) is 48.5 Å². The van der Waals surface area contributed by atoms with Gasteiger partial charge in [0, 0.05) is 50.0 Å². The molecular formula is C26H28N6O5S. The van der Waals surface area contributed by atoms with Crippen LogP contribution < -0.4 is 15.4 Å². The van der Waals surface area contributed by atoms with Gasteiger partial charge in [-0.1, -0.05) is 6.07 Å². The Hall–Kier alpha value is -4.29. The van der Waals surface area contributed by atoms with Crippen LogP contribution in [0.4, 0.5) is 11.6 Å². The normalized spacial score (nSPS) is 12.1. The molecule has 4 rings (SSSR count). The molecule has 0 aliphatic heterocycles. The molecule has 1 unspecified atom stereocenters. The lowest BCUT2D eigenvalue weighted by atomic mass is 10.2. The van der Waals surface area contributed by atoms with E-state index in [-0.39, 0.29) is 16.6 Å². The van der Waals surface area contributed by atoms with E-state index in [2.05, 4.69) is 25.7 Å². The summed E-state index contributed by atoms with van der Waals surface area (Å²) in [6.07, 6.45) is 4.59. The number of sulfone groups is 1. The highest BCUT2D eigenvalue weighted by Gasteiger charge is 2.15. The first-order valence-electron chi connectivity index (χ1n) is 11.7. The third-order valence-electron chi connectivity index (χ3n) is 5.26. The highest BCUT2D eigenvalue weighted by Crippen LogP contribution is 2.26. The number of benzene rings is 1. The van der Waals surface area contributed by atoms with Crippen molar-refractivity contribution in [1.82, 2.24) is 19.7 Å². The van der Waals surface area contributed by atoms with E-state index >= 15 is 0 Å². The molecule has 38 heavy (non-hydrogen) atoms. The van der Waals surface area contributed by atoms with Crippen LogP contribution in [0.25, 0.3) is 0 Å². The molecule has 1 amide bonds. The van der Waals surface area contributed by atoms with Gasteiger partial charge in [-0.05, 0) is 43.3 Å². The fraction of sp³-hybridized carbons (Fsp3) is 0.231. The van der Waals surface area contributed by atoms with E-state index in [1.165, 1.54) is 18.2 Å². The molecule has 1 aromatic carbocycles. The Morgan fingerprint density at radius 1 is 1.05 bits per heavy atom. The highest BCUT2D eigenvalue weighted by molar-refractivity contribution is 7.90. The Labute approximate surface area is 220 Å². The van der Waals surface area contributed by atoms with Crippen LogP contribution in [0.1, 0.15) is 23.1 Å². The third kappa shape index (κ3) is 7.37. The Morgan fingerprint density at radius 3 is 2.53 bits per heavy atom. The minimum atomic E-state index is -3.33. The number of nitrogens with one attached hydrogen (secondary N) is 2. The molecule has 0 saturated carbocycles. The number of aromatic nitrogens is 4. The predicted octanol–water partition coefficient (Wildman–Crippen LogP) is 3.62. The fourth-order valence-electron chi connectivity index (χ4n) is 3.54. The molecule has 1 atom stereocenters. The number of rotatable bonds is 11. The van der Waals surface area contributed by atoms with Crippen LogP contribution >= 0.6 is 0 Å². The number of anilines is 2. The molecule has 0 bridgehead atoms. The molecule has 3 heterocycles. The predicted molar refractivity (Wildman–Crippen MR) is 142 cm³/mol. The monoisotopic (exact) mass is 536 g/mol. The molecule has 0 aliphatic rings. The van der Waals surface area contributed by atoms with Crippen LogP contribution in [0.3, 0.4) is 0 Å². The summed E-state index contributed by atoms with van der Waals surface area (Å²) >= 11 is 0.